The lowest BCUT2D eigenvalue weighted by Crippen LogP contribution is -2.51. The molecule has 1 heterocycles. The summed E-state index contributed by atoms with van der Waals surface area (Å²) in [4.78, 5) is 4.03. The average molecular weight is 375 g/mol. The average Bonchev–Trinajstić information content (AvgIpc) is 2.63. The Kier molecular flexibility index (Phi) is 7.75. The Morgan fingerprint density at radius 2 is 1.54 bits per heavy atom. The van der Waals surface area contributed by atoms with Gasteiger partial charge in [-0.05, 0) is 63.5 Å². The quantitative estimate of drug-likeness (QED) is 0.717. The molecule has 2 aliphatic rings. The first-order chi connectivity index (χ1) is 12.3. The molecule has 2 rings (SSSR count). The van der Waals surface area contributed by atoms with Crippen LogP contribution in [0.1, 0.15) is 52.4 Å². The third-order valence-electron chi connectivity index (χ3n) is 6.44. The molecule has 4 nitrogen and oxygen atoms in total. The van der Waals surface area contributed by atoms with E-state index in [-0.39, 0.29) is 30.6 Å². The first kappa shape index (κ1) is 21.5. The molecule has 26 heavy (non-hydrogen) atoms. The number of likely N-dealkylation sites (tertiary alicyclic amines) is 1. The number of halogens is 3. The minimum absolute atomic E-state index is 0.0860. The van der Waals surface area contributed by atoms with Gasteiger partial charge in [0.15, 0.2) is 6.35 Å². The molecule has 0 bridgehead atoms. The molecular weight excluding hydrogens is 343 g/mol. The first-order valence-electron chi connectivity index (χ1n) is 9.94. The van der Waals surface area contributed by atoms with Gasteiger partial charge >= 0.3 is 6.18 Å². The van der Waals surface area contributed by atoms with Crippen LogP contribution in [0, 0.1) is 35.0 Å². The molecule has 0 aromatic heterocycles. The smallest absolute Gasteiger partial charge is 0.365 e. The molecular formula is C19H32F3N3O. The van der Waals surface area contributed by atoms with Crippen LogP contribution in [0.5, 0.6) is 0 Å². The number of aliphatic hydroxyl groups excluding tert-OH is 1. The van der Waals surface area contributed by atoms with E-state index in [0.29, 0.717) is 12.8 Å². The van der Waals surface area contributed by atoms with Crippen LogP contribution < -0.4 is 0 Å². The van der Waals surface area contributed by atoms with Crippen molar-refractivity contribution < 1.29 is 18.3 Å². The maximum absolute atomic E-state index is 12.9. The van der Waals surface area contributed by atoms with Crippen LogP contribution in [0.25, 0.3) is 0 Å². The van der Waals surface area contributed by atoms with E-state index in [9.17, 15) is 23.5 Å². The molecule has 1 N–H and O–H groups in total. The lowest BCUT2D eigenvalue weighted by molar-refractivity contribution is -0.185. The molecule has 0 spiro atoms. The van der Waals surface area contributed by atoms with Crippen LogP contribution in [0.15, 0.2) is 0 Å². The second-order valence-corrected chi connectivity index (χ2v) is 7.75. The molecule has 0 aromatic carbocycles. The highest BCUT2D eigenvalue weighted by atomic mass is 19.4. The van der Waals surface area contributed by atoms with Crippen LogP contribution in [-0.2, 0) is 0 Å². The summed E-state index contributed by atoms with van der Waals surface area (Å²) >= 11 is 0. The van der Waals surface area contributed by atoms with Gasteiger partial charge in [0.05, 0.1) is 17.9 Å². The van der Waals surface area contributed by atoms with Gasteiger partial charge in [-0.1, -0.05) is 13.8 Å². The van der Waals surface area contributed by atoms with Crippen molar-refractivity contribution >= 4 is 0 Å². The monoisotopic (exact) mass is 375 g/mol. The second-order valence-electron chi connectivity index (χ2n) is 7.75. The highest BCUT2D eigenvalue weighted by molar-refractivity contribution is 4.96. The van der Waals surface area contributed by atoms with Gasteiger partial charge in [0, 0.05) is 13.1 Å². The van der Waals surface area contributed by atoms with Gasteiger partial charge in [-0.2, -0.15) is 18.4 Å². The van der Waals surface area contributed by atoms with E-state index >= 15 is 0 Å². The lowest BCUT2D eigenvalue weighted by Gasteiger charge is -2.42. The predicted molar refractivity (Wildman–Crippen MR) is 93.8 cm³/mol. The van der Waals surface area contributed by atoms with Gasteiger partial charge in [-0.25, -0.2) is 0 Å². The summed E-state index contributed by atoms with van der Waals surface area (Å²) in [6.45, 7) is 7.06. The zero-order valence-corrected chi connectivity index (χ0v) is 15.9. The normalized spacial score (nSPS) is 28.7. The molecule has 0 aromatic rings. The zero-order valence-electron chi connectivity index (χ0n) is 15.9. The first-order valence-corrected chi connectivity index (χ1v) is 9.94. The molecule has 1 aliphatic heterocycles. The van der Waals surface area contributed by atoms with E-state index in [0.717, 1.165) is 39.0 Å². The molecule has 2 atom stereocenters. The molecule has 1 saturated carbocycles. The van der Waals surface area contributed by atoms with Crippen LogP contribution in [-0.4, -0.2) is 53.6 Å². The summed E-state index contributed by atoms with van der Waals surface area (Å²) in [5, 5.41) is 20.1. The van der Waals surface area contributed by atoms with Crippen LogP contribution in [0.4, 0.5) is 13.2 Å². The predicted octanol–water partition coefficient (Wildman–Crippen LogP) is 3.82. The lowest BCUT2D eigenvalue weighted by atomic mass is 9.70. The summed E-state index contributed by atoms with van der Waals surface area (Å²) in [7, 11) is 0. The van der Waals surface area contributed by atoms with Gasteiger partial charge in [0.25, 0.3) is 0 Å². The largest absolute Gasteiger partial charge is 0.391 e. The van der Waals surface area contributed by atoms with E-state index < -0.39 is 18.4 Å². The second kappa shape index (κ2) is 9.38. The topological polar surface area (TPSA) is 50.5 Å². The van der Waals surface area contributed by atoms with E-state index in [2.05, 4.69) is 6.07 Å². The van der Waals surface area contributed by atoms with Crippen molar-refractivity contribution in [3.63, 3.8) is 0 Å². The van der Waals surface area contributed by atoms with Crippen molar-refractivity contribution in [3.8, 4) is 6.07 Å². The number of rotatable bonds is 6. The number of alkyl halides is 3. The Balaban J connectivity index is 1.86. The fraction of sp³-hybridized carbons (Fsp3) is 0.947. The van der Waals surface area contributed by atoms with Gasteiger partial charge in [-0.15, -0.1) is 0 Å². The van der Waals surface area contributed by atoms with Crippen molar-refractivity contribution in [1.29, 1.82) is 5.26 Å². The standard InChI is InChI=1S/C19H32F3N3O/c1-3-24(4-2)18(26)25-11-9-15(10-12-25)17(13-23)14-5-7-16(8-6-14)19(20,21)22/h14-18,26H,3-12H2,1-2H3. The molecule has 1 aliphatic carbocycles. The third-order valence-corrected chi connectivity index (χ3v) is 6.44. The van der Waals surface area contributed by atoms with Crippen molar-refractivity contribution in [2.75, 3.05) is 26.2 Å². The molecule has 0 amide bonds. The van der Waals surface area contributed by atoms with Gasteiger partial charge in [0.2, 0.25) is 0 Å². The third kappa shape index (κ3) is 5.11. The molecule has 2 fully saturated rings. The highest BCUT2D eigenvalue weighted by Crippen LogP contribution is 2.44. The van der Waals surface area contributed by atoms with Crippen molar-refractivity contribution in [2.24, 2.45) is 23.7 Å². The highest BCUT2D eigenvalue weighted by Gasteiger charge is 2.44. The summed E-state index contributed by atoms with van der Waals surface area (Å²) in [6, 6.07) is 2.41. The Hall–Kier alpha value is -0.840. The Labute approximate surface area is 154 Å². The van der Waals surface area contributed by atoms with E-state index in [4.69, 9.17) is 0 Å². The fourth-order valence-electron chi connectivity index (χ4n) is 4.69. The summed E-state index contributed by atoms with van der Waals surface area (Å²) in [5.41, 5.74) is 0. The summed E-state index contributed by atoms with van der Waals surface area (Å²) in [5.74, 6) is -1.03. The zero-order chi connectivity index (χ0) is 19.3. The van der Waals surface area contributed by atoms with E-state index in [1.807, 2.05) is 23.6 Å². The number of nitrogens with zero attached hydrogens (tertiary/aromatic N) is 3. The maximum Gasteiger partial charge on any atom is 0.391 e. The Bertz CT molecular complexity index is 460. The molecule has 0 radical (unpaired) electrons. The molecule has 2 unspecified atom stereocenters. The minimum atomic E-state index is -4.10. The molecule has 150 valence electrons. The van der Waals surface area contributed by atoms with Gasteiger partial charge < -0.3 is 5.11 Å². The number of aliphatic hydroxyl groups is 1. The number of hydrogen-bond acceptors (Lipinski definition) is 4. The van der Waals surface area contributed by atoms with Crippen molar-refractivity contribution in [3.05, 3.63) is 0 Å². The molecule has 1 saturated heterocycles. The minimum Gasteiger partial charge on any atom is -0.365 e. The summed E-state index contributed by atoms with van der Waals surface area (Å²) in [6.07, 6.45) is -1.70. The Morgan fingerprint density at radius 3 is 1.96 bits per heavy atom. The number of hydrogen-bond donors (Lipinski definition) is 1. The van der Waals surface area contributed by atoms with E-state index in [1.165, 1.54) is 0 Å². The van der Waals surface area contributed by atoms with Crippen LogP contribution >= 0.6 is 0 Å². The number of piperidine rings is 1. The van der Waals surface area contributed by atoms with Crippen LogP contribution in [0.3, 0.4) is 0 Å². The van der Waals surface area contributed by atoms with Crippen molar-refractivity contribution in [1.82, 2.24) is 9.80 Å². The summed E-state index contributed by atoms with van der Waals surface area (Å²) < 4.78 is 38.6. The van der Waals surface area contributed by atoms with Crippen LogP contribution in [0.2, 0.25) is 0 Å². The fourth-order valence-corrected chi connectivity index (χ4v) is 4.69. The van der Waals surface area contributed by atoms with Crippen molar-refractivity contribution in [2.45, 2.75) is 64.9 Å². The maximum atomic E-state index is 12.9. The number of nitriles is 1. The Morgan fingerprint density at radius 1 is 1.04 bits per heavy atom. The van der Waals surface area contributed by atoms with E-state index in [1.54, 1.807) is 0 Å². The molecule has 7 heteroatoms. The van der Waals surface area contributed by atoms with Gasteiger partial charge in [0.1, 0.15) is 0 Å². The SMILES string of the molecule is CCN(CC)C(O)N1CCC(C(C#N)C2CCC(C(F)(F)F)CC2)CC1. The van der Waals surface area contributed by atoms with Gasteiger partial charge in [-0.3, -0.25) is 9.80 Å².